The number of ether oxygens (including phenoxy) is 1. The van der Waals surface area contributed by atoms with Gasteiger partial charge in [-0.3, -0.25) is 9.59 Å². The Morgan fingerprint density at radius 2 is 1.92 bits per heavy atom. The van der Waals surface area contributed by atoms with Gasteiger partial charge in [-0.25, -0.2) is 0 Å². The number of fused-ring (bicyclic) bond motifs is 1. The van der Waals surface area contributed by atoms with Crippen LogP contribution in [0, 0.1) is 0 Å². The van der Waals surface area contributed by atoms with Gasteiger partial charge in [0.2, 0.25) is 0 Å². The van der Waals surface area contributed by atoms with Crippen LogP contribution in [0.15, 0.2) is 48.5 Å². The molecule has 0 heterocycles. The lowest BCUT2D eigenvalue weighted by atomic mass is 9.87. The van der Waals surface area contributed by atoms with Gasteiger partial charge in [0.1, 0.15) is 0 Å². The molecule has 2 aromatic carbocycles. The molecule has 26 heavy (non-hydrogen) atoms. The molecule has 0 saturated heterocycles. The van der Waals surface area contributed by atoms with Crippen molar-refractivity contribution in [3.63, 3.8) is 0 Å². The lowest BCUT2D eigenvalue weighted by Crippen LogP contribution is -2.39. The molecule has 0 aliphatic heterocycles. The smallest absolute Gasteiger partial charge is 0.311 e. The van der Waals surface area contributed by atoms with Crippen LogP contribution in [0.25, 0.3) is 0 Å². The average Bonchev–Trinajstić information content (AvgIpc) is 2.64. The number of amides is 1. The van der Waals surface area contributed by atoms with E-state index in [1.807, 2.05) is 12.1 Å². The third-order valence-corrected chi connectivity index (χ3v) is 4.88. The molecule has 4 nitrogen and oxygen atoms in total. The Labute approximate surface area is 158 Å². The zero-order valence-corrected chi connectivity index (χ0v) is 15.5. The molecule has 136 valence electrons. The molecule has 0 radical (unpaired) electrons. The van der Waals surface area contributed by atoms with Gasteiger partial charge in [0.15, 0.2) is 6.10 Å². The van der Waals surface area contributed by atoms with E-state index in [4.69, 9.17) is 16.3 Å². The fourth-order valence-corrected chi connectivity index (χ4v) is 3.38. The summed E-state index contributed by atoms with van der Waals surface area (Å²) in [6.07, 6.45) is 2.25. The molecule has 0 unspecified atom stereocenters. The maximum atomic E-state index is 12.4. The Bertz CT molecular complexity index is 788. The molecule has 1 aliphatic carbocycles. The third-order valence-electron chi connectivity index (χ3n) is 4.63. The van der Waals surface area contributed by atoms with Gasteiger partial charge in [-0.2, -0.15) is 0 Å². The van der Waals surface area contributed by atoms with Gasteiger partial charge < -0.3 is 10.1 Å². The molecule has 0 saturated carbocycles. The molecule has 2 aromatic rings. The summed E-state index contributed by atoms with van der Waals surface area (Å²) >= 11 is 5.83. The van der Waals surface area contributed by atoms with Crippen molar-refractivity contribution in [2.75, 3.05) is 0 Å². The average molecular weight is 372 g/mol. The summed E-state index contributed by atoms with van der Waals surface area (Å²) in [5.41, 5.74) is 3.23. The second-order valence-electron chi connectivity index (χ2n) is 6.59. The fraction of sp³-hybridized carbons (Fsp3) is 0.333. The molecule has 1 N–H and O–H groups in total. The minimum atomic E-state index is -0.830. The van der Waals surface area contributed by atoms with Crippen molar-refractivity contribution < 1.29 is 14.3 Å². The number of hydrogen-bond donors (Lipinski definition) is 1. The van der Waals surface area contributed by atoms with Gasteiger partial charge in [0, 0.05) is 5.02 Å². The molecule has 3 rings (SSSR count). The van der Waals surface area contributed by atoms with Gasteiger partial charge in [-0.05, 0) is 55.0 Å². The van der Waals surface area contributed by atoms with Crippen molar-refractivity contribution in [3.05, 3.63) is 70.2 Å². The van der Waals surface area contributed by atoms with E-state index in [9.17, 15) is 9.59 Å². The maximum Gasteiger partial charge on any atom is 0.311 e. The van der Waals surface area contributed by atoms with E-state index >= 15 is 0 Å². The van der Waals surface area contributed by atoms with Crippen molar-refractivity contribution in [1.82, 2.24) is 5.32 Å². The summed E-state index contributed by atoms with van der Waals surface area (Å²) in [4.78, 5) is 24.5. The first kappa shape index (κ1) is 18.5. The van der Waals surface area contributed by atoms with E-state index in [1.54, 1.807) is 31.2 Å². The summed E-state index contributed by atoms with van der Waals surface area (Å²) in [5.74, 6) is -0.699. The Morgan fingerprint density at radius 3 is 2.69 bits per heavy atom. The molecular formula is C21H22ClNO3. The number of halogens is 1. The molecule has 1 amide bonds. The predicted octanol–water partition coefficient (Wildman–Crippen LogP) is 4.01. The van der Waals surface area contributed by atoms with E-state index in [0.29, 0.717) is 5.02 Å². The van der Waals surface area contributed by atoms with Crippen LogP contribution in [0.1, 0.15) is 42.5 Å². The van der Waals surface area contributed by atoms with Gasteiger partial charge in [0.05, 0.1) is 12.5 Å². The minimum absolute atomic E-state index is 0.0233. The Morgan fingerprint density at radius 1 is 1.19 bits per heavy atom. The number of hydrogen-bond acceptors (Lipinski definition) is 3. The van der Waals surface area contributed by atoms with E-state index in [-0.39, 0.29) is 18.4 Å². The number of carbonyl (C=O) groups excluding carboxylic acids is 2. The SMILES string of the molecule is C[C@H](OC(=O)Cc1ccc(Cl)cc1)C(=O)N[C@H]1CCCc2ccccc21. The largest absolute Gasteiger partial charge is 0.452 e. The highest BCUT2D eigenvalue weighted by atomic mass is 35.5. The van der Waals surface area contributed by atoms with Crippen LogP contribution in [-0.4, -0.2) is 18.0 Å². The van der Waals surface area contributed by atoms with Crippen LogP contribution in [0.5, 0.6) is 0 Å². The van der Waals surface area contributed by atoms with Crippen molar-refractivity contribution in [2.45, 2.75) is 44.8 Å². The van der Waals surface area contributed by atoms with E-state index < -0.39 is 12.1 Å². The zero-order valence-electron chi connectivity index (χ0n) is 14.7. The van der Waals surface area contributed by atoms with Gasteiger partial charge in [0.25, 0.3) is 5.91 Å². The van der Waals surface area contributed by atoms with Crippen molar-refractivity contribution in [3.8, 4) is 0 Å². The number of aryl methyl sites for hydroxylation is 1. The molecule has 0 aromatic heterocycles. The summed E-state index contributed by atoms with van der Waals surface area (Å²) in [6.45, 7) is 1.60. The Hall–Kier alpha value is -2.33. The maximum absolute atomic E-state index is 12.4. The van der Waals surface area contributed by atoms with Gasteiger partial charge in [-0.1, -0.05) is 48.0 Å². The summed E-state index contributed by atoms with van der Waals surface area (Å²) in [7, 11) is 0. The normalized spacial score (nSPS) is 17.1. The molecular weight excluding hydrogens is 350 g/mol. The van der Waals surface area contributed by atoms with Crippen LogP contribution in [0.3, 0.4) is 0 Å². The topological polar surface area (TPSA) is 55.4 Å². The zero-order chi connectivity index (χ0) is 18.5. The van der Waals surface area contributed by atoms with Crippen molar-refractivity contribution >= 4 is 23.5 Å². The first-order chi connectivity index (χ1) is 12.5. The number of esters is 1. The van der Waals surface area contributed by atoms with Crippen LogP contribution in [-0.2, 0) is 27.2 Å². The fourth-order valence-electron chi connectivity index (χ4n) is 3.25. The van der Waals surface area contributed by atoms with Crippen LogP contribution in [0.2, 0.25) is 5.02 Å². The van der Waals surface area contributed by atoms with Crippen LogP contribution < -0.4 is 5.32 Å². The first-order valence-electron chi connectivity index (χ1n) is 8.85. The Balaban J connectivity index is 1.55. The second kappa shape index (κ2) is 8.37. The number of nitrogens with one attached hydrogen (secondary N) is 1. The van der Waals surface area contributed by atoms with Crippen molar-refractivity contribution in [1.29, 1.82) is 0 Å². The van der Waals surface area contributed by atoms with Crippen molar-refractivity contribution in [2.24, 2.45) is 0 Å². The Kier molecular flexibility index (Phi) is 5.94. The second-order valence-corrected chi connectivity index (χ2v) is 7.02. The highest BCUT2D eigenvalue weighted by Crippen LogP contribution is 2.29. The van der Waals surface area contributed by atoms with Gasteiger partial charge >= 0.3 is 5.97 Å². The first-order valence-corrected chi connectivity index (χ1v) is 9.23. The molecule has 0 spiro atoms. The molecule has 2 atom stereocenters. The molecule has 5 heteroatoms. The van der Waals surface area contributed by atoms with Crippen LogP contribution >= 0.6 is 11.6 Å². The molecule has 1 aliphatic rings. The lowest BCUT2D eigenvalue weighted by molar-refractivity contribution is -0.154. The van der Waals surface area contributed by atoms with E-state index in [0.717, 1.165) is 30.4 Å². The molecule has 0 fully saturated rings. The summed E-state index contributed by atoms with van der Waals surface area (Å²) in [5, 5.41) is 3.63. The summed E-state index contributed by atoms with van der Waals surface area (Å²) in [6, 6.07) is 15.1. The molecule has 0 bridgehead atoms. The predicted molar refractivity (Wildman–Crippen MR) is 101 cm³/mol. The number of benzene rings is 2. The van der Waals surface area contributed by atoms with Gasteiger partial charge in [-0.15, -0.1) is 0 Å². The number of carbonyl (C=O) groups is 2. The lowest BCUT2D eigenvalue weighted by Gasteiger charge is -2.27. The van der Waals surface area contributed by atoms with E-state index in [1.165, 1.54) is 5.56 Å². The monoisotopic (exact) mass is 371 g/mol. The van der Waals surface area contributed by atoms with E-state index in [2.05, 4.69) is 17.4 Å². The summed E-state index contributed by atoms with van der Waals surface area (Å²) < 4.78 is 5.29. The highest BCUT2D eigenvalue weighted by Gasteiger charge is 2.25. The number of rotatable bonds is 5. The quantitative estimate of drug-likeness (QED) is 0.808. The van der Waals surface area contributed by atoms with Crippen LogP contribution in [0.4, 0.5) is 0 Å². The minimum Gasteiger partial charge on any atom is -0.452 e. The third kappa shape index (κ3) is 4.64. The highest BCUT2D eigenvalue weighted by molar-refractivity contribution is 6.30. The standard InChI is InChI=1S/C21H22ClNO3/c1-14(26-20(24)13-15-9-11-17(22)12-10-15)21(25)23-19-8-4-6-16-5-2-3-7-18(16)19/h2-3,5,7,9-12,14,19H,4,6,8,13H2,1H3,(H,23,25)/t14-,19-/m0/s1.